The molecule has 1 aliphatic heterocycles. The monoisotopic (exact) mass is 358 g/mol. The molecule has 0 radical (unpaired) electrons. The number of hydrogen-bond acceptors (Lipinski definition) is 2. The number of piperidine rings is 1. The van der Waals surface area contributed by atoms with Crippen LogP contribution < -0.4 is 5.32 Å². The van der Waals surface area contributed by atoms with Crippen LogP contribution in [0.25, 0.3) is 0 Å². The Morgan fingerprint density at radius 2 is 2.17 bits per heavy atom. The van der Waals surface area contributed by atoms with Gasteiger partial charge in [0.25, 0.3) is 5.91 Å². The van der Waals surface area contributed by atoms with Crippen molar-refractivity contribution < 1.29 is 4.79 Å². The van der Waals surface area contributed by atoms with Crippen LogP contribution in [0.1, 0.15) is 30.1 Å². The van der Waals surface area contributed by atoms with Crippen molar-refractivity contribution in [2.24, 2.45) is 0 Å². The molecule has 4 heteroatoms. The molecule has 1 unspecified atom stereocenters. The average molecular weight is 358 g/mol. The van der Waals surface area contributed by atoms with Crippen LogP contribution in [0.4, 0.5) is 0 Å². The molecule has 1 N–H and O–H groups in total. The average Bonchev–Trinajstić information content (AvgIpc) is 2.41. The van der Waals surface area contributed by atoms with Crippen LogP contribution in [-0.4, -0.2) is 36.5 Å². The number of nitrogens with one attached hydrogen (secondary N) is 1. The summed E-state index contributed by atoms with van der Waals surface area (Å²) in [5, 5.41) is 3.37. The first-order valence-electron chi connectivity index (χ1n) is 6.49. The maximum atomic E-state index is 12.5. The van der Waals surface area contributed by atoms with Gasteiger partial charge in [0.05, 0.1) is 0 Å². The normalized spacial score (nSPS) is 19.6. The molecular formula is C14H19IN2O. The summed E-state index contributed by atoms with van der Waals surface area (Å²) >= 11 is 2.25. The minimum absolute atomic E-state index is 0.155. The second-order valence-corrected chi connectivity index (χ2v) is 5.84. The van der Waals surface area contributed by atoms with Gasteiger partial charge in [0.15, 0.2) is 0 Å². The highest BCUT2D eigenvalue weighted by atomic mass is 127. The first kappa shape index (κ1) is 13.8. The Labute approximate surface area is 122 Å². The topological polar surface area (TPSA) is 32.3 Å². The van der Waals surface area contributed by atoms with E-state index in [1.165, 1.54) is 0 Å². The summed E-state index contributed by atoms with van der Waals surface area (Å²) in [4.78, 5) is 14.5. The number of halogens is 1. The molecule has 1 fully saturated rings. The molecule has 18 heavy (non-hydrogen) atoms. The number of amides is 1. The van der Waals surface area contributed by atoms with Crippen molar-refractivity contribution in [2.45, 2.75) is 25.8 Å². The summed E-state index contributed by atoms with van der Waals surface area (Å²) in [7, 11) is 0. The Bertz CT molecular complexity index is 399. The Kier molecular flexibility index (Phi) is 5.00. The van der Waals surface area contributed by atoms with E-state index < -0.39 is 0 Å². The lowest BCUT2D eigenvalue weighted by Crippen LogP contribution is -2.48. The first-order valence-corrected chi connectivity index (χ1v) is 7.57. The van der Waals surface area contributed by atoms with E-state index in [9.17, 15) is 4.79 Å². The quantitative estimate of drug-likeness (QED) is 0.843. The van der Waals surface area contributed by atoms with Crippen LogP contribution in [0, 0.1) is 3.57 Å². The van der Waals surface area contributed by atoms with Gasteiger partial charge in [-0.15, -0.1) is 0 Å². The number of carbonyl (C=O) groups is 1. The summed E-state index contributed by atoms with van der Waals surface area (Å²) in [6.45, 7) is 4.83. The molecule has 1 aliphatic rings. The van der Waals surface area contributed by atoms with Gasteiger partial charge in [-0.05, 0) is 73.2 Å². The third kappa shape index (κ3) is 3.23. The van der Waals surface area contributed by atoms with Crippen LogP contribution in [0.3, 0.4) is 0 Å². The van der Waals surface area contributed by atoms with E-state index in [1.807, 2.05) is 29.2 Å². The number of likely N-dealkylation sites (N-methyl/N-ethyl adjacent to an activating group) is 1. The van der Waals surface area contributed by atoms with Crippen molar-refractivity contribution in [3.05, 3.63) is 33.4 Å². The number of benzene rings is 1. The van der Waals surface area contributed by atoms with Crippen LogP contribution in [0.5, 0.6) is 0 Å². The van der Waals surface area contributed by atoms with Gasteiger partial charge in [-0.1, -0.05) is 0 Å². The molecule has 1 amide bonds. The van der Waals surface area contributed by atoms with Crippen molar-refractivity contribution >= 4 is 28.5 Å². The minimum Gasteiger partial charge on any atom is -0.335 e. The standard InChI is InChI=1S/C14H19IN2O/c1-2-17(13-4-3-9-16-10-13)14(18)11-5-7-12(15)8-6-11/h5-8,13,16H,2-4,9-10H2,1H3. The predicted molar refractivity (Wildman–Crippen MR) is 81.8 cm³/mol. The summed E-state index contributed by atoms with van der Waals surface area (Å²) in [6, 6.07) is 8.16. The van der Waals surface area contributed by atoms with Gasteiger partial charge in [-0.2, -0.15) is 0 Å². The van der Waals surface area contributed by atoms with Crippen LogP contribution in [-0.2, 0) is 0 Å². The highest BCUT2D eigenvalue weighted by Crippen LogP contribution is 2.15. The van der Waals surface area contributed by atoms with E-state index in [4.69, 9.17) is 0 Å². The molecule has 1 aromatic rings. The highest BCUT2D eigenvalue weighted by molar-refractivity contribution is 14.1. The fraction of sp³-hybridized carbons (Fsp3) is 0.500. The second kappa shape index (κ2) is 6.52. The molecule has 98 valence electrons. The van der Waals surface area contributed by atoms with Gasteiger partial charge < -0.3 is 10.2 Å². The van der Waals surface area contributed by atoms with E-state index in [0.29, 0.717) is 6.04 Å². The molecule has 0 aliphatic carbocycles. The minimum atomic E-state index is 0.155. The molecule has 0 spiro atoms. The Morgan fingerprint density at radius 3 is 2.72 bits per heavy atom. The Morgan fingerprint density at radius 1 is 1.44 bits per heavy atom. The van der Waals surface area contributed by atoms with Crippen molar-refractivity contribution in [2.75, 3.05) is 19.6 Å². The van der Waals surface area contributed by atoms with E-state index >= 15 is 0 Å². The van der Waals surface area contributed by atoms with Crippen LogP contribution >= 0.6 is 22.6 Å². The van der Waals surface area contributed by atoms with Gasteiger partial charge in [0.2, 0.25) is 0 Å². The number of hydrogen-bond donors (Lipinski definition) is 1. The van der Waals surface area contributed by atoms with E-state index in [-0.39, 0.29) is 5.91 Å². The van der Waals surface area contributed by atoms with Crippen molar-refractivity contribution in [3.63, 3.8) is 0 Å². The lowest BCUT2D eigenvalue weighted by molar-refractivity contribution is 0.0662. The number of rotatable bonds is 3. The molecule has 1 atom stereocenters. The highest BCUT2D eigenvalue weighted by Gasteiger charge is 2.24. The maximum absolute atomic E-state index is 12.5. The molecule has 1 saturated heterocycles. The smallest absolute Gasteiger partial charge is 0.254 e. The van der Waals surface area contributed by atoms with Crippen molar-refractivity contribution in [1.29, 1.82) is 0 Å². The van der Waals surface area contributed by atoms with Crippen LogP contribution in [0.2, 0.25) is 0 Å². The molecule has 0 saturated carbocycles. The van der Waals surface area contributed by atoms with Crippen molar-refractivity contribution in [1.82, 2.24) is 10.2 Å². The SMILES string of the molecule is CCN(C(=O)c1ccc(I)cc1)C1CCCNC1. The first-order chi connectivity index (χ1) is 8.72. The third-order valence-corrected chi connectivity index (χ3v) is 4.12. The molecule has 2 rings (SSSR count). The van der Waals surface area contributed by atoms with Gasteiger partial charge in [0.1, 0.15) is 0 Å². The summed E-state index contributed by atoms with van der Waals surface area (Å²) in [6.07, 6.45) is 2.26. The lowest BCUT2D eigenvalue weighted by Gasteiger charge is -2.34. The van der Waals surface area contributed by atoms with Gasteiger partial charge in [0, 0.05) is 28.3 Å². The van der Waals surface area contributed by atoms with E-state index in [2.05, 4.69) is 34.8 Å². The number of carbonyl (C=O) groups excluding carboxylic acids is 1. The lowest BCUT2D eigenvalue weighted by atomic mass is 10.0. The second-order valence-electron chi connectivity index (χ2n) is 4.60. The molecule has 0 aromatic heterocycles. The molecule has 1 aromatic carbocycles. The number of nitrogens with zero attached hydrogens (tertiary/aromatic N) is 1. The van der Waals surface area contributed by atoms with Gasteiger partial charge >= 0.3 is 0 Å². The fourth-order valence-corrected chi connectivity index (χ4v) is 2.78. The molecule has 1 heterocycles. The zero-order valence-corrected chi connectivity index (χ0v) is 12.8. The van der Waals surface area contributed by atoms with Crippen LogP contribution in [0.15, 0.2) is 24.3 Å². The summed E-state index contributed by atoms with van der Waals surface area (Å²) in [5.41, 5.74) is 0.794. The largest absolute Gasteiger partial charge is 0.335 e. The third-order valence-electron chi connectivity index (χ3n) is 3.40. The molecule has 3 nitrogen and oxygen atoms in total. The van der Waals surface area contributed by atoms with E-state index in [1.54, 1.807) is 0 Å². The zero-order chi connectivity index (χ0) is 13.0. The fourth-order valence-electron chi connectivity index (χ4n) is 2.43. The Hall–Kier alpha value is -0.620. The maximum Gasteiger partial charge on any atom is 0.254 e. The zero-order valence-electron chi connectivity index (χ0n) is 10.7. The predicted octanol–water partition coefficient (Wildman–Crippen LogP) is 2.51. The Balaban J connectivity index is 2.11. The molecule has 0 bridgehead atoms. The summed E-state index contributed by atoms with van der Waals surface area (Å²) < 4.78 is 1.16. The van der Waals surface area contributed by atoms with Gasteiger partial charge in [-0.25, -0.2) is 0 Å². The molecular weight excluding hydrogens is 339 g/mol. The van der Waals surface area contributed by atoms with Crippen molar-refractivity contribution in [3.8, 4) is 0 Å². The summed E-state index contributed by atoms with van der Waals surface area (Å²) in [5.74, 6) is 0.155. The van der Waals surface area contributed by atoms with Gasteiger partial charge in [-0.3, -0.25) is 4.79 Å². The van der Waals surface area contributed by atoms with E-state index in [0.717, 1.165) is 41.6 Å².